The fraction of sp³-hybridized carbons (Fsp3) is 0.400. The summed E-state index contributed by atoms with van der Waals surface area (Å²) in [7, 11) is 3.23. The maximum atomic E-state index is 14.0. The normalized spacial score (nSPS) is 18.3. The molecule has 15 nitrogen and oxygen atoms in total. The van der Waals surface area contributed by atoms with Crippen molar-refractivity contribution in [2.24, 2.45) is 5.92 Å². The minimum atomic E-state index is -0.731. The third kappa shape index (κ3) is 9.87. The third-order valence-electron chi connectivity index (χ3n) is 8.89. The van der Waals surface area contributed by atoms with Crippen LogP contribution in [0.5, 0.6) is 5.75 Å². The lowest BCUT2D eigenvalue weighted by Crippen LogP contribution is -2.47. The zero-order valence-electron chi connectivity index (χ0n) is 28.3. The molecule has 0 aromatic heterocycles. The molecule has 0 saturated carbocycles. The summed E-state index contributed by atoms with van der Waals surface area (Å²) in [5.74, 6) is 1.25. The number of thioether (sulfide) groups is 1. The number of likely N-dealkylation sites (tertiary alicyclic amines) is 2. The van der Waals surface area contributed by atoms with Gasteiger partial charge in [0.1, 0.15) is 25.0 Å². The first kappa shape index (κ1) is 36.9. The highest BCUT2D eigenvalue weighted by atomic mass is 32.2. The van der Waals surface area contributed by atoms with Crippen LogP contribution < -0.4 is 4.74 Å². The lowest BCUT2D eigenvalue weighted by atomic mass is 10.1. The molecule has 3 atom stereocenters. The Bertz CT molecular complexity index is 1710. The number of ether oxygens (including phenoxy) is 3. The molecule has 2 fully saturated rings. The first-order valence-electron chi connectivity index (χ1n) is 16.3. The van der Waals surface area contributed by atoms with Crippen LogP contribution in [0.3, 0.4) is 0 Å². The number of rotatable bonds is 13. The molecule has 270 valence electrons. The van der Waals surface area contributed by atoms with Crippen molar-refractivity contribution in [3.8, 4) is 5.75 Å². The van der Waals surface area contributed by atoms with Gasteiger partial charge in [-0.15, -0.1) is 0 Å². The number of carbonyl (C=O) groups is 3. The molecule has 2 saturated heterocycles. The standard InChI is InChI=1S/C35H39N5O10S/c1-36(34(42)49-21-24-3-9-28(10-4-24)39(44)45)18-27-15-16-37(19-27)33(41)32-17-31(51-23-26-7-13-30(48-2)14-8-26)20-38(32)35(43)50-22-25-5-11-29(12-6-25)40(46)47/h3-14,27,31-32H,15-23H2,1-2H3/t27-,31-,32-/m0/s1. The molecular weight excluding hydrogens is 682 g/mol. The minimum absolute atomic E-state index is 0.00457. The molecule has 0 spiro atoms. The number of nitro groups is 2. The van der Waals surface area contributed by atoms with E-state index in [1.54, 1.807) is 30.8 Å². The number of hydrogen-bond acceptors (Lipinski definition) is 11. The van der Waals surface area contributed by atoms with Gasteiger partial charge in [0.05, 0.1) is 17.0 Å². The van der Waals surface area contributed by atoms with Gasteiger partial charge < -0.3 is 24.0 Å². The number of non-ortho nitro benzene ring substituents is 2. The topological polar surface area (TPSA) is 175 Å². The number of nitrogens with zero attached hydrogens (tertiary/aromatic N) is 5. The predicted octanol–water partition coefficient (Wildman–Crippen LogP) is 5.64. The summed E-state index contributed by atoms with van der Waals surface area (Å²) in [6, 6.07) is 18.5. The van der Waals surface area contributed by atoms with E-state index in [-0.39, 0.29) is 41.7 Å². The molecule has 51 heavy (non-hydrogen) atoms. The zero-order valence-corrected chi connectivity index (χ0v) is 29.1. The molecular formula is C35H39N5O10S. The molecule has 3 aromatic carbocycles. The SMILES string of the molecule is COc1ccc(CS[C@H]2C[C@@H](C(=O)N3CC[C@@H](CN(C)C(=O)OCc4ccc([N+](=O)[O-])cc4)C3)N(C(=O)OCc3ccc([N+](=O)[O-])cc3)C2)cc1. The second kappa shape index (κ2) is 17.0. The lowest BCUT2D eigenvalue weighted by Gasteiger charge is -2.27. The van der Waals surface area contributed by atoms with Crippen molar-refractivity contribution >= 4 is 41.2 Å². The zero-order chi connectivity index (χ0) is 36.5. The van der Waals surface area contributed by atoms with Crippen LogP contribution in [0.15, 0.2) is 72.8 Å². The Kier molecular flexibility index (Phi) is 12.3. The highest BCUT2D eigenvalue weighted by molar-refractivity contribution is 7.99. The Morgan fingerprint density at radius 3 is 1.98 bits per heavy atom. The van der Waals surface area contributed by atoms with Crippen LogP contribution in [0.2, 0.25) is 0 Å². The first-order chi connectivity index (χ1) is 24.5. The van der Waals surface area contributed by atoms with Crippen LogP contribution in [0.25, 0.3) is 0 Å². The smallest absolute Gasteiger partial charge is 0.410 e. The van der Waals surface area contributed by atoms with Crippen LogP contribution in [-0.4, -0.2) is 94.3 Å². The molecule has 2 heterocycles. The van der Waals surface area contributed by atoms with E-state index in [4.69, 9.17) is 14.2 Å². The van der Waals surface area contributed by atoms with Crippen molar-refractivity contribution in [2.75, 3.05) is 40.3 Å². The number of nitro benzene ring substituents is 2. The van der Waals surface area contributed by atoms with E-state index >= 15 is 0 Å². The van der Waals surface area contributed by atoms with Crippen molar-refractivity contribution < 1.29 is 38.4 Å². The van der Waals surface area contributed by atoms with Crippen molar-refractivity contribution in [1.82, 2.24) is 14.7 Å². The lowest BCUT2D eigenvalue weighted by molar-refractivity contribution is -0.385. The van der Waals surface area contributed by atoms with Crippen LogP contribution >= 0.6 is 11.8 Å². The average molecular weight is 722 g/mol. The number of amides is 3. The van der Waals surface area contributed by atoms with Gasteiger partial charge in [-0.3, -0.25) is 29.9 Å². The van der Waals surface area contributed by atoms with E-state index in [0.717, 1.165) is 11.3 Å². The summed E-state index contributed by atoms with van der Waals surface area (Å²) >= 11 is 1.66. The van der Waals surface area contributed by atoms with E-state index in [2.05, 4.69) is 0 Å². The van der Waals surface area contributed by atoms with Gasteiger partial charge >= 0.3 is 12.2 Å². The summed E-state index contributed by atoms with van der Waals surface area (Å²) in [5.41, 5.74) is 2.17. The summed E-state index contributed by atoms with van der Waals surface area (Å²) < 4.78 is 16.2. The molecule has 0 radical (unpaired) electrons. The molecule has 0 aliphatic carbocycles. The molecule has 0 unspecified atom stereocenters. The Labute approximate surface area is 298 Å². The molecule has 0 bridgehead atoms. The Morgan fingerprint density at radius 1 is 0.843 bits per heavy atom. The third-order valence-corrected chi connectivity index (χ3v) is 10.2. The van der Waals surface area contributed by atoms with Gasteiger partial charge in [0.15, 0.2) is 0 Å². The van der Waals surface area contributed by atoms with Gasteiger partial charge in [-0.2, -0.15) is 11.8 Å². The fourth-order valence-electron chi connectivity index (χ4n) is 6.06. The van der Waals surface area contributed by atoms with Crippen LogP contribution in [0.1, 0.15) is 29.5 Å². The van der Waals surface area contributed by atoms with E-state index in [9.17, 15) is 34.6 Å². The summed E-state index contributed by atoms with van der Waals surface area (Å²) in [6.45, 7) is 1.42. The summed E-state index contributed by atoms with van der Waals surface area (Å²) in [4.78, 5) is 65.6. The van der Waals surface area contributed by atoms with Crippen molar-refractivity contribution in [3.05, 3.63) is 110 Å². The van der Waals surface area contributed by atoms with Crippen molar-refractivity contribution in [2.45, 2.75) is 43.1 Å². The van der Waals surface area contributed by atoms with Gasteiger partial charge in [0.2, 0.25) is 5.91 Å². The highest BCUT2D eigenvalue weighted by Crippen LogP contribution is 2.33. The summed E-state index contributed by atoms with van der Waals surface area (Å²) in [5, 5.41) is 21.8. The number of methoxy groups -OCH3 is 1. The van der Waals surface area contributed by atoms with Crippen LogP contribution in [0.4, 0.5) is 21.0 Å². The first-order valence-corrected chi connectivity index (χ1v) is 17.4. The molecule has 2 aliphatic rings. The molecule has 0 N–H and O–H groups in total. The number of benzene rings is 3. The maximum absolute atomic E-state index is 14.0. The predicted molar refractivity (Wildman–Crippen MR) is 187 cm³/mol. The van der Waals surface area contributed by atoms with Gasteiger partial charge in [-0.25, -0.2) is 9.59 Å². The molecule has 5 rings (SSSR count). The average Bonchev–Trinajstić information content (AvgIpc) is 3.80. The second-order valence-corrected chi connectivity index (χ2v) is 13.7. The minimum Gasteiger partial charge on any atom is -0.497 e. The van der Waals surface area contributed by atoms with E-state index < -0.39 is 28.1 Å². The quantitative estimate of drug-likeness (QED) is 0.158. The van der Waals surface area contributed by atoms with Crippen molar-refractivity contribution in [3.63, 3.8) is 0 Å². The van der Waals surface area contributed by atoms with E-state index in [0.29, 0.717) is 55.9 Å². The molecule has 16 heteroatoms. The molecule has 3 amide bonds. The van der Waals surface area contributed by atoms with Crippen LogP contribution in [-0.2, 0) is 33.2 Å². The van der Waals surface area contributed by atoms with E-state index in [1.165, 1.54) is 58.3 Å². The van der Waals surface area contributed by atoms with Gasteiger partial charge in [-0.05, 0) is 71.8 Å². The van der Waals surface area contributed by atoms with Crippen LogP contribution in [0, 0.1) is 26.1 Å². The number of carbonyl (C=O) groups excluding carboxylic acids is 3. The Balaban J connectivity index is 1.17. The highest BCUT2D eigenvalue weighted by Gasteiger charge is 2.43. The Hall–Kier alpha value is -5.38. The second-order valence-electron chi connectivity index (χ2n) is 12.5. The maximum Gasteiger partial charge on any atom is 0.410 e. The summed E-state index contributed by atoms with van der Waals surface area (Å²) in [6.07, 6.45) is -0.0702. The monoisotopic (exact) mass is 721 g/mol. The molecule has 2 aliphatic heterocycles. The fourth-order valence-corrected chi connectivity index (χ4v) is 7.26. The number of hydrogen-bond donors (Lipinski definition) is 0. The van der Waals surface area contributed by atoms with Crippen molar-refractivity contribution in [1.29, 1.82) is 0 Å². The van der Waals surface area contributed by atoms with Gasteiger partial charge in [0.25, 0.3) is 11.4 Å². The largest absolute Gasteiger partial charge is 0.497 e. The molecule has 3 aromatic rings. The Morgan fingerprint density at radius 2 is 1.41 bits per heavy atom. The van der Waals surface area contributed by atoms with E-state index in [1.807, 2.05) is 24.3 Å². The van der Waals surface area contributed by atoms with Gasteiger partial charge in [-0.1, -0.05) is 12.1 Å². The van der Waals surface area contributed by atoms with Gasteiger partial charge in [0, 0.05) is 68.5 Å².